The van der Waals surface area contributed by atoms with Crippen LogP contribution in [-0.4, -0.2) is 59.8 Å². The Balaban J connectivity index is 2.11. The molecule has 1 saturated heterocycles. The minimum absolute atomic E-state index is 0.359. The minimum atomic E-state index is -3.53. The highest BCUT2D eigenvalue weighted by atomic mass is 32.2. The molecule has 0 aromatic heterocycles. The third-order valence-electron chi connectivity index (χ3n) is 4.29. The van der Waals surface area contributed by atoms with Gasteiger partial charge < -0.3 is 9.47 Å². The van der Waals surface area contributed by atoms with Crippen molar-refractivity contribution in [3.63, 3.8) is 0 Å². The molecule has 1 heterocycles. The lowest BCUT2D eigenvalue weighted by atomic mass is 10.1. The molecule has 0 saturated carbocycles. The number of benzene rings is 1. The zero-order chi connectivity index (χ0) is 17.0. The van der Waals surface area contributed by atoms with Crippen molar-refractivity contribution < 1.29 is 17.9 Å². The van der Waals surface area contributed by atoms with Gasteiger partial charge in [0.15, 0.2) is 0 Å². The van der Waals surface area contributed by atoms with Crippen LogP contribution >= 0.6 is 0 Å². The fraction of sp³-hybridized carbons (Fsp3) is 0.625. The van der Waals surface area contributed by atoms with Gasteiger partial charge in [-0.05, 0) is 43.5 Å². The average molecular weight is 342 g/mol. The Labute approximate surface area is 138 Å². The predicted molar refractivity (Wildman–Crippen MR) is 89.7 cm³/mol. The second-order valence-corrected chi connectivity index (χ2v) is 7.53. The van der Waals surface area contributed by atoms with Gasteiger partial charge in [-0.3, -0.25) is 4.90 Å². The van der Waals surface area contributed by atoms with Crippen LogP contribution in [0.25, 0.3) is 0 Å². The number of rotatable bonds is 6. The summed E-state index contributed by atoms with van der Waals surface area (Å²) in [6.07, 6.45) is 0. The van der Waals surface area contributed by atoms with E-state index in [4.69, 9.17) is 9.47 Å². The van der Waals surface area contributed by atoms with Gasteiger partial charge in [0, 0.05) is 26.2 Å². The number of aryl methyl sites for hydroxylation is 1. The van der Waals surface area contributed by atoms with Gasteiger partial charge in [0.2, 0.25) is 10.0 Å². The molecule has 0 unspecified atom stereocenters. The van der Waals surface area contributed by atoms with Crippen LogP contribution in [0, 0.1) is 20.8 Å². The Morgan fingerprint density at radius 1 is 1.22 bits per heavy atom. The van der Waals surface area contributed by atoms with E-state index in [1.807, 2.05) is 13.8 Å². The third kappa shape index (κ3) is 4.23. The number of methoxy groups -OCH3 is 1. The van der Waals surface area contributed by atoms with E-state index >= 15 is 0 Å². The van der Waals surface area contributed by atoms with Crippen LogP contribution in [-0.2, 0) is 14.8 Å². The summed E-state index contributed by atoms with van der Waals surface area (Å²) >= 11 is 0. The Hall–Kier alpha value is -1.15. The van der Waals surface area contributed by atoms with Crippen molar-refractivity contribution in [2.75, 3.05) is 46.5 Å². The third-order valence-corrected chi connectivity index (χ3v) is 6.04. The topological polar surface area (TPSA) is 67.9 Å². The molecule has 7 heteroatoms. The van der Waals surface area contributed by atoms with Crippen molar-refractivity contribution in [2.24, 2.45) is 0 Å². The Kier molecular flexibility index (Phi) is 6.02. The summed E-state index contributed by atoms with van der Waals surface area (Å²) < 4.78 is 38.7. The summed E-state index contributed by atoms with van der Waals surface area (Å²) in [5, 5.41) is 0. The number of nitrogens with one attached hydrogen (secondary N) is 1. The summed E-state index contributed by atoms with van der Waals surface area (Å²) in [4.78, 5) is 2.56. The van der Waals surface area contributed by atoms with E-state index < -0.39 is 10.0 Å². The van der Waals surface area contributed by atoms with Crippen molar-refractivity contribution in [3.05, 3.63) is 22.8 Å². The van der Waals surface area contributed by atoms with Crippen molar-refractivity contribution in [1.29, 1.82) is 0 Å². The highest BCUT2D eigenvalue weighted by molar-refractivity contribution is 7.89. The van der Waals surface area contributed by atoms with Gasteiger partial charge in [-0.25, -0.2) is 13.1 Å². The molecule has 0 radical (unpaired) electrons. The van der Waals surface area contributed by atoms with Gasteiger partial charge in [-0.15, -0.1) is 0 Å². The van der Waals surface area contributed by atoms with Gasteiger partial charge in [0.05, 0.1) is 25.2 Å². The number of sulfonamides is 1. The highest BCUT2D eigenvalue weighted by Gasteiger charge is 2.22. The molecule has 1 aliphatic rings. The van der Waals surface area contributed by atoms with E-state index in [2.05, 4.69) is 9.62 Å². The van der Waals surface area contributed by atoms with Crippen LogP contribution in [0.3, 0.4) is 0 Å². The van der Waals surface area contributed by atoms with E-state index in [9.17, 15) is 8.42 Å². The van der Waals surface area contributed by atoms with Crippen molar-refractivity contribution in [1.82, 2.24) is 9.62 Å². The SMILES string of the molecule is COc1cc(C)c(S(=O)(=O)NCCN2CCOCC2)c(C)c1C. The highest BCUT2D eigenvalue weighted by Crippen LogP contribution is 2.30. The summed E-state index contributed by atoms with van der Waals surface area (Å²) in [6, 6.07) is 1.78. The van der Waals surface area contributed by atoms with E-state index in [-0.39, 0.29) is 0 Å². The van der Waals surface area contributed by atoms with Gasteiger partial charge in [0.25, 0.3) is 0 Å². The molecular weight excluding hydrogens is 316 g/mol. The van der Waals surface area contributed by atoms with Gasteiger partial charge >= 0.3 is 0 Å². The largest absolute Gasteiger partial charge is 0.496 e. The zero-order valence-corrected chi connectivity index (χ0v) is 15.1. The fourth-order valence-corrected chi connectivity index (χ4v) is 4.43. The molecule has 1 aromatic rings. The van der Waals surface area contributed by atoms with E-state index in [0.29, 0.717) is 42.5 Å². The number of nitrogens with zero attached hydrogens (tertiary/aromatic N) is 1. The number of morpholine rings is 1. The molecule has 6 nitrogen and oxygen atoms in total. The average Bonchev–Trinajstić information content (AvgIpc) is 2.51. The number of hydrogen-bond acceptors (Lipinski definition) is 5. The molecule has 1 aliphatic heterocycles. The summed E-state index contributed by atoms with van der Waals surface area (Å²) in [7, 11) is -1.94. The lowest BCUT2D eigenvalue weighted by Gasteiger charge is -2.26. The molecule has 23 heavy (non-hydrogen) atoms. The normalized spacial score (nSPS) is 16.5. The molecular formula is C16H26N2O4S. The fourth-order valence-electron chi connectivity index (χ4n) is 2.88. The van der Waals surface area contributed by atoms with Crippen molar-refractivity contribution in [2.45, 2.75) is 25.7 Å². The summed E-state index contributed by atoms with van der Waals surface area (Å²) in [5.74, 6) is 0.715. The zero-order valence-electron chi connectivity index (χ0n) is 14.3. The second kappa shape index (κ2) is 7.61. The molecule has 1 aromatic carbocycles. The van der Waals surface area contributed by atoms with Crippen molar-refractivity contribution >= 4 is 10.0 Å². The minimum Gasteiger partial charge on any atom is -0.496 e. The van der Waals surface area contributed by atoms with Crippen LogP contribution < -0.4 is 9.46 Å². The number of ether oxygens (including phenoxy) is 2. The van der Waals surface area contributed by atoms with Crippen molar-refractivity contribution in [3.8, 4) is 5.75 Å². The Morgan fingerprint density at radius 3 is 2.48 bits per heavy atom. The maximum absolute atomic E-state index is 12.7. The van der Waals surface area contributed by atoms with Gasteiger partial charge in [0.1, 0.15) is 5.75 Å². The van der Waals surface area contributed by atoms with Gasteiger partial charge in [-0.1, -0.05) is 0 Å². The molecule has 0 atom stereocenters. The molecule has 0 spiro atoms. The first-order valence-corrected chi connectivity index (χ1v) is 9.29. The quantitative estimate of drug-likeness (QED) is 0.842. The molecule has 130 valence electrons. The summed E-state index contributed by atoms with van der Waals surface area (Å²) in [5.41, 5.74) is 2.29. The second-order valence-electron chi connectivity index (χ2n) is 5.83. The van der Waals surface area contributed by atoms with Crippen LogP contribution in [0.4, 0.5) is 0 Å². The molecule has 1 fully saturated rings. The molecule has 0 amide bonds. The van der Waals surface area contributed by atoms with E-state index in [0.717, 1.165) is 24.2 Å². The lowest BCUT2D eigenvalue weighted by Crippen LogP contribution is -2.41. The first kappa shape index (κ1) is 18.2. The number of hydrogen-bond donors (Lipinski definition) is 1. The maximum Gasteiger partial charge on any atom is 0.241 e. The smallest absolute Gasteiger partial charge is 0.241 e. The monoisotopic (exact) mass is 342 g/mol. The maximum atomic E-state index is 12.7. The van der Waals surface area contributed by atoms with Crippen LogP contribution in [0.5, 0.6) is 5.75 Å². The summed E-state index contributed by atoms with van der Waals surface area (Å²) in [6.45, 7) is 9.70. The first-order chi connectivity index (χ1) is 10.9. The predicted octanol–water partition coefficient (Wildman–Crippen LogP) is 1.23. The lowest BCUT2D eigenvalue weighted by molar-refractivity contribution is 0.0390. The van der Waals surface area contributed by atoms with E-state index in [1.165, 1.54) is 0 Å². The molecule has 0 bridgehead atoms. The first-order valence-electron chi connectivity index (χ1n) is 7.81. The van der Waals surface area contributed by atoms with Crippen LogP contribution in [0.1, 0.15) is 16.7 Å². The standard InChI is InChI=1S/C16H26N2O4S/c1-12-11-15(21-4)13(2)14(3)16(12)23(19,20)17-5-6-18-7-9-22-10-8-18/h11,17H,5-10H2,1-4H3. The van der Waals surface area contributed by atoms with Crippen LogP contribution in [0.2, 0.25) is 0 Å². The van der Waals surface area contributed by atoms with Crippen LogP contribution in [0.15, 0.2) is 11.0 Å². The molecule has 1 N–H and O–H groups in total. The Bertz CT molecular complexity index is 653. The Morgan fingerprint density at radius 2 is 1.87 bits per heavy atom. The molecule has 0 aliphatic carbocycles. The molecule has 2 rings (SSSR count). The van der Waals surface area contributed by atoms with Gasteiger partial charge in [-0.2, -0.15) is 0 Å². The van der Waals surface area contributed by atoms with E-state index in [1.54, 1.807) is 20.1 Å².